The van der Waals surface area contributed by atoms with Crippen LogP contribution in [-0.4, -0.2) is 21.0 Å². The molecule has 3 aromatic rings. The van der Waals surface area contributed by atoms with Crippen molar-refractivity contribution in [3.8, 4) is 5.75 Å². The molecule has 1 aromatic carbocycles. The maximum absolute atomic E-state index is 12.9. The van der Waals surface area contributed by atoms with Gasteiger partial charge in [-0.05, 0) is 35.7 Å². The quantitative estimate of drug-likeness (QED) is 0.680. The molecule has 6 nitrogen and oxygen atoms in total. The number of nitrogens with zero attached hydrogens (tertiary/aromatic N) is 1. The van der Waals surface area contributed by atoms with Crippen molar-refractivity contribution < 1.29 is 14.3 Å². The zero-order valence-electron chi connectivity index (χ0n) is 11.8. The molecule has 1 amide bonds. The largest absolute Gasteiger partial charge is 0.505 e. The number of aromatic nitrogens is 2. The van der Waals surface area contributed by atoms with Crippen LogP contribution in [0.1, 0.15) is 21.5 Å². The minimum Gasteiger partial charge on any atom is -0.505 e. The Balaban J connectivity index is 2.06. The van der Waals surface area contributed by atoms with Gasteiger partial charge in [-0.25, -0.2) is 4.39 Å². The fraction of sp³-hybridized carbons (Fsp3) is 0.0625. The van der Waals surface area contributed by atoms with Crippen molar-refractivity contribution in [2.75, 3.05) is 0 Å². The van der Waals surface area contributed by atoms with Gasteiger partial charge in [-0.3, -0.25) is 14.6 Å². The number of carbonyl (C=O) groups excluding carboxylic acids is 1. The van der Waals surface area contributed by atoms with E-state index in [0.717, 1.165) is 11.1 Å². The molecule has 0 fully saturated rings. The van der Waals surface area contributed by atoms with Crippen LogP contribution in [0.3, 0.4) is 0 Å². The number of amides is 1. The molecule has 116 valence electrons. The zero-order valence-corrected chi connectivity index (χ0v) is 11.8. The van der Waals surface area contributed by atoms with Crippen molar-refractivity contribution in [3.05, 3.63) is 69.4 Å². The third-order valence-electron chi connectivity index (χ3n) is 3.45. The molecule has 3 rings (SSSR count). The summed E-state index contributed by atoms with van der Waals surface area (Å²) >= 11 is 0. The van der Waals surface area contributed by atoms with Crippen LogP contribution in [0.4, 0.5) is 4.39 Å². The molecule has 0 atom stereocenters. The number of nitrogens with one attached hydrogen (secondary N) is 1. The normalized spacial score (nSPS) is 10.8. The highest BCUT2D eigenvalue weighted by atomic mass is 19.1. The summed E-state index contributed by atoms with van der Waals surface area (Å²) in [5.74, 6) is -1.88. The Labute approximate surface area is 129 Å². The lowest BCUT2D eigenvalue weighted by atomic mass is 10.1. The van der Waals surface area contributed by atoms with Crippen molar-refractivity contribution in [1.29, 1.82) is 0 Å². The molecule has 4 N–H and O–H groups in total. The monoisotopic (exact) mass is 313 g/mol. The molecule has 0 aliphatic carbocycles. The minimum absolute atomic E-state index is 0.0845. The van der Waals surface area contributed by atoms with Gasteiger partial charge < -0.3 is 15.8 Å². The smallest absolute Gasteiger partial charge is 0.265 e. The number of primary amides is 1. The predicted octanol–water partition coefficient (Wildman–Crippen LogP) is 1.46. The topological polar surface area (TPSA) is 109 Å². The number of hydrogen-bond donors (Lipinski definition) is 3. The first kappa shape index (κ1) is 14.7. The average molecular weight is 313 g/mol. The summed E-state index contributed by atoms with van der Waals surface area (Å²) in [6.07, 6.45) is 1.98. The van der Waals surface area contributed by atoms with Crippen molar-refractivity contribution in [3.63, 3.8) is 0 Å². The number of H-pyrrole nitrogens is 1. The SMILES string of the molecule is NC(=O)c1c(O)c2ncc(Cc3ccc(F)cc3)cc2[nH]c1=O. The van der Waals surface area contributed by atoms with Crippen LogP contribution in [-0.2, 0) is 6.42 Å². The van der Waals surface area contributed by atoms with Crippen LogP contribution in [0.5, 0.6) is 5.75 Å². The van der Waals surface area contributed by atoms with E-state index in [4.69, 9.17) is 5.73 Å². The number of pyridine rings is 2. The number of fused-ring (bicyclic) bond motifs is 1. The zero-order chi connectivity index (χ0) is 16.6. The summed E-state index contributed by atoms with van der Waals surface area (Å²) in [6, 6.07) is 7.65. The van der Waals surface area contributed by atoms with Crippen molar-refractivity contribution in [2.24, 2.45) is 5.73 Å². The number of aromatic amines is 1. The number of aromatic hydroxyl groups is 1. The molecule has 0 aliphatic rings. The summed E-state index contributed by atoms with van der Waals surface area (Å²) in [5, 5.41) is 9.99. The van der Waals surface area contributed by atoms with Crippen molar-refractivity contribution >= 4 is 16.9 Å². The molecule has 7 heteroatoms. The van der Waals surface area contributed by atoms with Crippen LogP contribution in [0.25, 0.3) is 11.0 Å². The number of rotatable bonds is 3. The third kappa shape index (κ3) is 2.76. The standard InChI is InChI=1S/C16H12FN3O3/c17-10-3-1-8(2-4-10)5-9-6-11-13(19-7-9)14(21)12(15(18)22)16(23)20-11/h1-4,6-7H,5H2,(H2,18,22)(H2,20,21,23). The minimum atomic E-state index is -1.03. The first-order valence-electron chi connectivity index (χ1n) is 6.74. The first-order chi connectivity index (χ1) is 11.0. The molecule has 0 radical (unpaired) electrons. The van der Waals surface area contributed by atoms with Crippen LogP contribution in [0, 0.1) is 5.82 Å². The van der Waals surface area contributed by atoms with E-state index in [0.29, 0.717) is 6.42 Å². The van der Waals surface area contributed by atoms with E-state index < -0.39 is 22.8 Å². The van der Waals surface area contributed by atoms with Crippen LogP contribution >= 0.6 is 0 Å². The first-order valence-corrected chi connectivity index (χ1v) is 6.74. The van der Waals surface area contributed by atoms with Gasteiger partial charge in [0.15, 0.2) is 5.75 Å². The Morgan fingerprint density at radius 1 is 1.26 bits per heavy atom. The molecular formula is C16H12FN3O3. The Hall–Kier alpha value is -3.22. The van der Waals surface area contributed by atoms with Gasteiger partial charge in [0, 0.05) is 6.20 Å². The molecule has 0 saturated heterocycles. The van der Waals surface area contributed by atoms with Crippen LogP contribution in [0.15, 0.2) is 41.3 Å². The number of halogens is 1. The van der Waals surface area contributed by atoms with E-state index >= 15 is 0 Å². The summed E-state index contributed by atoms with van der Waals surface area (Å²) in [7, 11) is 0. The van der Waals surface area contributed by atoms with Crippen molar-refractivity contribution in [1.82, 2.24) is 9.97 Å². The van der Waals surface area contributed by atoms with Gasteiger partial charge in [0.1, 0.15) is 16.9 Å². The summed E-state index contributed by atoms with van der Waals surface area (Å²) < 4.78 is 12.9. The second kappa shape index (κ2) is 5.53. The Kier molecular flexibility index (Phi) is 3.53. The maximum Gasteiger partial charge on any atom is 0.265 e. The Bertz CT molecular complexity index is 965. The van der Waals surface area contributed by atoms with Gasteiger partial charge in [0.25, 0.3) is 11.5 Å². The van der Waals surface area contributed by atoms with Crippen molar-refractivity contribution in [2.45, 2.75) is 6.42 Å². The van der Waals surface area contributed by atoms with Crippen LogP contribution < -0.4 is 11.3 Å². The lowest BCUT2D eigenvalue weighted by molar-refractivity contribution is 0.0996. The number of hydrogen-bond acceptors (Lipinski definition) is 4. The van der Waals surface area contributed by atoms with E-state index in [2.05, 4.69) is 9.97 Å². The summed E-state index contributed by atoms with van der Waals surface area (Å²) in [6.45, 7) is 0. The van der Waals surface area contributed by atoms with E-state index in [-0.39, 0.29) is 16.9 Å². The van der Waals surface area contributed by atoms with Crippen LogP contribution in [0.2, 0.25) is 0 Å². The van der Waals surface area contributed by atoms with E-state index in [1.165, 1.54) is 18.3 Å². The summed E-state index contributed by atoms with van der Waals surface area (Å²) in [5.41, 5.74) is 5.78. The molecule has 2 aromatic heterocycles. The molecule has 2 heterocycles. The lowest BCUT2D eigenvalue weighted by Gasteiger charge is -2.07. The fourth-order valence-electron chi connectivity index (χ4n) is 2.37. The van der Waals surface area contributed by atoms with Gasteiger partial charge in [-0.2, -0.15) is 0 Å². The maximum atomic E-state index is 12.9. The summed E-state index contributed by atoms with van der Waals surface area (Å²) in [4.78, 5) is 29.6. The number of carbonyl (C=O) groups is 1. The van der Waals surface area contributed by atoms with Gasteiger partial charge >= 0.3 is 0 Å². The second-order valence-electron chi connectivity index (χ2n) is 5.08. The Morgan fingerprint density at radius 3 is 2.61 bits per heavy atom. The average Bonchev–Trinajstić information content (AvgIpc) is 2.49. The third-order valence-corrected chi connectivity index (χ3v) is 3.45. The van der Waals surface area contributed by atoms with Gasteiger partial charge in [-0.15, -0.1) is 0 Å². The Morgan fingerprint density at radius 2 is 1.96 bits per heavy atom. The number of benzene rings is 1. The molecule has 0 aliphatic heterocycles. The highest BCUT2D eigenvalue weighted by Gasteiger charge is 2.17. The second-order valence-corrected chi connectivity index (χ2v) is 5.08. The molecular weight excluding hydrogens is 301 g/mol. The molecule has 0 bridgehead atoms. The molecule has 0 spiro atoms. The number of nitrogens with two attached hydrogens (primary N) is 1. The van der Waals surface area contributed by atoms with E-state index in [9.17, 15) is 19.1 Å². The highest BCUT2D eigenvalue weighted by Crippen LogP contribution is 2.23. The lowest BCUT2D eigenvalue weighted by Crippen LogP contribution is -2.23. The van der Waals surface area contributed by atoms with E-state index in [1.54, 1.807) is 18.2 Å². The highest BCUT2D eigenvalue weighted by molar-refractivity contribution is 6.00. The van der Waals surface area contributed by atoms with E-state index in [1.807, 2.05) is 0 Å². The molecule has 23 heavy (non-hydrogen) atoms. The predicted molar refractivity (Wildman–Crippen MR) is 81.8 cm³/mol. The van der Waals surface area contributed by atoms with Gasteiger partial charge in [-0.1, -0.05) is 12.1 Å². The van der Waals surface area contributed by atoms with Gasteiger partial charge in [0.2, 0.25) is 0 Å². The fourth-order valence-corrected chi connectivity index (χ4v) is 2.37. The van der Waals surface area contributed by atoms with Gasteiger partial charge in [0.05, 0.1) is 5.52 Å². The molecule has 0 unspecified atom stereocenters. The molecule has 0 saturated carbocycles.